The summed E-state index contributed by atoms with van der Waals surface area (Å²) in [6.45, 7) is 2.00. The van der Waals surface area contributed by atoms with Crippen LogP contribution in [0.5, 0.6) is 0 Å². The van der Waals surface area contributed by atoms with Crippen LogP contribution in [-0.2, 0) is 42.2 Å². The van der Waals surface area contributed by atoms with E-state index in [0.717, 1.165) is 0 Å². The van der Waals surface area contributed by atoms with Gasteiger partial charge in [-0.3, -0.25) is 0 Å². The number of carbonyl (C=O) groups is 1. The van der Waals surface area contributed by atoms with E-state index in [0.29, 0.717) is 0 Å². The zero-order chi connectivity index (χ0) is 4.00. The van der Waals surface area contributed by atoms with Crippen molar-refractivity contribution in [2.45, 2.75) is 0 Å². The second-order valence-corrected chi connectivity index (χ2v) is 0. The Balaban J connectivity index is -0.0000000133. The van der Waals surface area contributed by atoms with Gasteiger partial charge in [0.05, 0.1) is 0 Å². The van der Waals surface area contributed by atoms with E-state index in [9.17, 15) is 0 Å². The number of carbonyl (C=O) groups excluding carboxylic acids is 1. The molecule has 0 aliphatic heterocycles. The molecule has 0 saturated heterocycles. The molecule has 1 N–H and O–H groups in total. The molecule has 0 aromatic rings. The van der Waals surface area contributed by atoms with Gasteiger partial charge in [-0.1, -0.05) is 0 Å². The molecule has 0 bridgehead atoms. The Labute approximate surface area is 53.4 Å². The number of hydrogen-bond acceptors (Lipinski definition) is 2. The third-order valence-corrected chi connectivity index (χ3v) is 0. The molecule has 0 aliphatic rings. The van der Waals surface area contributed by atoms with Crippen molar-refractivity contribution in [3.05, 3.63) is 0 Å². The van der Waals surface area contributed by atoms with Crippen molar-refractivity contribution in [2.24, 2.45) is 0 Å². The molecule has 0 saturated carbocycles. The van der Waals surface area contributed by atoms with E-state index in [1.165, 1.54) is 0 Å². The Morgan fingerprint density at radius 2 is 1.40 bits per heavy atom. The van der Waals surface area contributed by atoms with E-state index in [-0.39, 0.29) is 21.1 Å². The molecule has 0 rings (SSSR count). The Morgan fingerprint density at radius 1 is 1.40 bits per heavy atom. The number of hydrogen-bond donors (Lipinski definition) is 1. The third-order valence-electron chi connectivity index (χ3n) is 0. The summed E-state index contributed by atoms with van der Waals surface area (Å²) in [6.07, 6.45) is 0. The van der Waals surface area contributed by atoms with E-state index in [1.807, 2.05) is 6.79 Å². The van der Waals surface area contributed by atoms with Gasteiger partial charge in [-0.05, 0) is 0 Å². The van der Waals surface area contributed by atoms with Crippen molar-refractivity contribution in [2.75, 3.05) is 0 Å². The molecular formula is CH3FeMoO2. The van der Waals surface area contributed by atoms with Crippen LogP contribution in [0.3, 0.4) is 0 Å². The van der Waals surface area contributed by atoms with Crippen molar-refractivity contribution >= 4 is 6.79 Å². The molecule has 0 spiro atoms. The van der Waals surface area contributed by atoms with Crippen LogP contribution >= 0.6 is 0 Å². The van der Waals surface area contributed by atoms with Gasteiger partial charge < -0.3 is 4.79 Å². The molecule has 5 heavy (non-hydrogen) atoms. The first-order chi connectivity index (χ1) is 2.00. The number of rotatable bonds is 0. The van der Waals surface area contributed by atoms with Gasteiger partial charge in [-0.2, -0.15) is 0 Å². The fraction of sp³-hybridized carbons (Fsp3) is 0. The SMILES string of the molecule is C=O.[Mo].[OH][Fe]. The van der Waals surface area contributed by atoms with E-state index in [2.05, 4.69) is 16.3 Å². The molecule has 0 heterocycles. The molecular weight excluding hydrogens is 196 g/mol. The van der Waals surface area contributed by atoms with Gasteiger partial charge in [0.2, 0.25) is 0 Å². The molecule has 0 atom stereocenters. The van der Waals surface area contributed by atoms with Crippen molar-refractivity contribution in [1.82, 2.24) is 0 Å². The average Bonchev–Trinajstić information content (AvgIpc) is 1.50. The second kappa shape index (κ2) is 102. The van der Waals surface area contributed by atoms with Gasteiger partial charge in [-0.25, -0.2) is 0 Å². The molecule has 0 amide bonds. The zero-order valence-electron chi connectivity index (χ0n) is 2.32. The van der Waals surface area contributed by atoms with Gasteiger partial charge in [0, 0.05) is 21.1 Å². The maximum absolute atomic E-state index is 8.00. The molecule has 0 unspecified atom stereocenters. The summed E-state index contributed by atoms with van der Waals surface area (Å²) in [7, 11) is 0. The van der Waals surface area contributed by atoms with Crippen molar-refractivity contribution in [3.8, 4) is 0 Å². The standard InChI is InChI=1S/CH2O.Fe.Mo.H2O/c1-2;;;/h1H2;;;1H2/q;+1;;/p-1. The predicted molar refractivity (Wildman–Crippen MR) is 9.34 cm³/mol. The average molecular weight is 199 g/mol. The van der Waals surface area contributed by atoms with Crippen LogP contribution in [0.1, 0.15) is 0 Å². The second-order valence-electron chi connectivity index (χ2n) is 0. The van der Waals surface area contributed by atoms with Crippen molar-refractivity contribution in [1.29, 1.82) is 0 Å². The monoisotopic (exact) mass is 201 g/mol. The summed E-state index contributed by atoms with van der Waals surface area (Å²) < 4.78 is 6.75. The Morgan fingerprint density at radius 3 is 1.40 bits per heavy atom. The minimum atomic E-state index is 0. The van der Waals surface area contributed by atoms with E-state index < -0.39 is 0 Å². The topological polar surface area (TPSA) is 37.3 Å². The van der Waals surface area contributed by atoms with Gasteiger partial charge >= 0.3 is 20.5 Å². The zero-order valence-corrected chi connectivity index (χ0v) is 5.44. The first-order valence-corrected chi connectivity index (χ1v) is 0.941. The van der Waals surface area contributed by atoms with Crippen LogP contribution in [0.4, 0.5) is 0 Å². The molecule has 0 aliphatic carbocycles. The normalized spacial score (nSPS) is 2.00. The molecule has 4 heteroatoms. The first-order valence-electron chi connectivity index (χ1n) is 0.447. The fourth-order valence-electron chi connectivity index (χ4n) is 0. The van der Waals surface area contributed by atoms with Crippen LogP contribution in [0.15, 0.2) is 0 Å². The first kappa shape index (κ1) is 17.0. The summed E-state index contributed by atoms with van der Waals surface area (Å²) in [5, 5.41) is 0. The maximum atomic E-state index is 8.00. The van der Waals surface area contributed by atoms with E-state index in [1.54, 1.807) is 0 Å². The van der Waals surface area contributed by atoms with Crippen LogP contribution in [0.2, 0.25) is 0 Å². The summed E-state index contributed by atoms with van der Waals surface area (Å²) >= 11 is 2.25. The molecule has 33 valence electrons. The van der Waals surface area contributed by atoms with Crippen LogP contribution < -0.4 is 0 Å². The van der Waals surface area contributed by atoms with E-state index in [4.69, 9.17) is 8.98 Å². The molecule has 2 nitrogen and oxygen atoms in total. The third kappa shape index (κ3) is 55.5. The van der Waals surface area contributed by atoms with Crippen LogP contribution in [0.25, 0.3) is 0 Å². The summed E-state index contributed by atoms with van der Waals surface area (Å²) in [5.74, 6) is 0. The minimum absolute atomic E-state index is 0. The summed E-state index contributed by atoms with van der Waals surface area (Å²) in [5.41, 5.74) is 0. The summed E-state index contributed by atoms with van der Waals surface area (Å²) in [6, 6.07) is 0. The van der Waals surface area contributed by atoms with Crippen molar-refractivity contribution < 1.29 is 46.4 Å². The molecule has 0 radical (unpaired) electrons. The van der Waals surface area contributed by atoms with Gasteiger partial charge in [-0.15, -0.1) is 0 Å². The molecule has 0 aromatic heterocycles. The van der Waals surface area contributed by atoms with E-state index >= 15 is 0 Å². The Kier molecular flexibility index (Phi) is 344. The molecule has 0 fully saturated rings. The quantitative estimate of drug-likeness (QED) is 0.521. The Bertz CT molecular complexity index is 9.61. The van der Waals surface area contributed by atoms with Crippen LogP contribution in [0, 0.1) is 0 Å². The van der Waals surface area contributed by atoms with Crippen molar-refractivity contribution in [3.63, 3.8) is 0 Å². The summed E-state index contributed by atoms with van der Waals surface area (Å²) in [4.78, 5) is 8.00. The predicted octanol–water partition coefficient (Wildman–Crippen LogP) is -0.747. The van der Waals surface area contributed by atoms with Crippen LogP contribution in [-0.4, -0.2) is 11.0 Å². The molecule has 0 aromatic carbocycles. The Hall–Kier alpha value is 0.838. The fourth-order valence-corrected chi connectivity index (χ4v) is 0. The van der Waals surface area contributed by atoms with Gasteiger partial charge in [0.25, 0.3) is 0 Å². The van der Waals surface area contributed by atoms with Gasteiger partial charge in [0.15, 0.2) is 0 Å². The van der Waals surface area contributed by atoms with Gasteiger partial charge in [0.1, 0.15) is 6.79 Å².